The average Bonchev–Trinajstić information content (AvgIpc) is 3.32. The molecule has 126 valence electrons. The van der Waals surface area contributed by atoms with Gasteiger partial charge in [-0.2, -0.15) is 0 Å². The second-order valence-electron chi connectivity index (χ2n) is 6.29. The van der Waals surface area contributed by atoms with Crippen molar-refractivity contribution >= 4 is 39.1 Å². The molecule has 0 bridgehead atoms. The predicted octanol–water partition coefficient (Wildman–Crippen LogP) is 3.42. The van der Waals surface area contributed by atoms with Crippen LogP contribution in [0.2, 0.25) is 0 Å². The van der Waals surface area contributed by atoms with E-state index in [9.17, 15) is 4.79 Å². The van der Waals surface area contributed by atoms with E-state index in [-0.39, 0.29) is 5.56 Å². The largest absolute Gasteiger partial charge is 0.279 e. The average molecular weight is 368 g/mol. The van der Waals surface area contributed by atoms with Crippen LogP contribution in [-0.4, -0.2) is 19.2 Å². The van der Waals surface area contributed by atoms with Gasteiger partial charge in [0.2, 0.25) is 5.78 Å². The maximum atomic E-state index is 12.8. The van der Waals surface area contributed by atoms with E-state index in [0.717, 1.165) is 40.4 Å². The molecule has 1 aromatic carbocycles. The highest BCUT2D eigenvalue weighted by Crippen LogP contribution is 2.37. The van der Waals surface area contributed by atoms with Crippen LogP contribution in [0.1, 0.15) is 22.4 Å². The summed E-state index contributed by atoms with van der Waals surface area (Å²) in [5.41, 5.74) is 2.54. The molecular weight excluding hydrogens is 352 g/mol. The Morgan fingerprint density at radius 2 is 2.04 bits per heavy atom. The van der Waals surface area contributed by atoms with E-state index in [1.54, 1.807) is 34.7 Å². The molecule has 0 aliphatic heterocycles. The van der Waals surface area contributed by atoms with Crippen molar-refractivity contribution in [3.63, 3.8) is 0 Å². The molecule has 0 amide bonds. The molecule has 5 nitrogen and oxygen atoms in total. The van der Waals surface area contributed by atoms with Crippen molar-refractivity contribution in [2.45, 2.75) is 30.2 Å². The third kappa shape index (κ3) is 2.26. The van der Waals surface area contributed by atoms with Crippen molar-refractivity contribution < 1.29 is 0 Å². The summed E-state index contributed by atoms with van der Waals surface area (Å²) in [5, 5.41) is 10.4. The Labute approximate surface area is 152 Å². The number of rotatable bonds is 3. The normalized spacial score (nSPS) is 13.8. The third-order valence-corrected chi connectivity index (χ3v) is 7.03. The highest BCUT2D eigenvalue weighted by atomic mass is 32.2. The van der Waals surface area contributed by atoms with Gasteiger partial charge in [0, 0.05) is 17.7 Å². The smallest absolute Gasteiger partial charge is 0.263 e. The van der Waals surface area contributed by atoms with Crippen molar-refractivity contribution in [1.82, 2.24) is 19.2 Å². The minimum Gasteiger partial charge on any atom is -0.279 e. The zero-order valence-corrected chi connectivity index (χ0v) is 15.4. The van der Waals surface area contributed by atoms with Gasteiger partial charge in [-0.15, -0.1) is 21.5 Å². The number of aryl methyl sites for hydroxylation is 3. The number of hydrogen-bond acceptors (Lipinski definition) is 5. The Kier molecular flexibility index (Phi) is 3.46. The molecule has 0 fully saturated rings. The summed E-state index contributed by atoms with van der Waals surface area (Å²) >= 11 is 3.40. The van der Waals surface area contributed by atoms with Crippen molar-refractivity contribution in [3.8, 4) is 0 Å². The topological polar surface area (TPSA) is 52.2 Å². The van der Waals surface area contributed by atoms with Crippen LogP contribution >= 0.6 is 23.1 Å². The Balaban J connectivity index is 1.69. The molecule has 0 saturated heterocycles. The zero-order valence-electron chi connectivity index (χ0n) is 13.7. The molecule has 1 aliphatic rings. The van der Waals surface area contributed by atoms with E-state index in [1.165, 1.54) is 16.0 Å². The number of aromatic nitrogens is 4. The summed E-state index contributed by atoms with van der Waals surface area (Å²) in [7, 11) is 1.79. The minimum absolute atomic E-state index is 0.0499. The van der Waals surface area contributed by atoms with Gasteiger partial charge in [0.05, 0.1) is 5.39 Å². The molecule has 3 heterocycles. The van der Waals surface area contributed by atoms with Gasteiger partial charge in [0.15, 0.2) is 5.16 Å². The van der Waals surface area contributed by atoms with Crippen molar-refractivity contribution in [2.24, 2.45) is 7.05 Å². The number of thiophene rings is 1. The van der Waals surface area contributed by atoms with Crippen molar-refractivity contribution in [2.75, 3.05) is 0 Å². The lowest BCUT2D eigenvalue weighted by molar-refractivity contribution is 0.852. The van der Waals surface area contributed by atoms with E-state index in [1.807, 2.05) is 18.2 Å². The number of fused-ring (bicyclic) bond motifs is 5. The van der Waals surface area contributed by atoms with Crippen LogP contribution < -0.4 is 5.56 Å². The summed E-state index contributed by atoms with van der Waals surface area (Å²) in [6, 6.07) is 10.3. The zero-order chi connectivity index (χ0) is 17.0. The van der Waals surface area contributed by atoms with Crippen LogP contribution in [0.4, 0.5) is 0 Å². The van der Waals surface area contributed by atoms with Gasteiger partial charge in [0.1, 0.15) is 4.83 Å². The van der Waals surface area contributed by atoms with Gasteiger partial charge in [0.25, 0.3) is 5.56 Å². The van der Waals surface area contributed by atoms with Gasteiger partial charge in [-0.1, -0.05) is 42.1 Å². The van der Waals surface area contributed by atoms with E-state index in [0.29, 0.717) is 5.78 Å². The number of nitrogens with zero attached hydrogens (tertiary/aromatic N) is 4. The Hall–Kier alpha value is -2.12. The number of benzene rings is 1. The first kappa shape index (κ1) is 15.2. The van der Waals surface area contributed by atoms with Crippen LogP contribution in [0.5, 0.6) is 0 Å². The fourth-order valence-corrected chi connectivity index (χ4v) is 5.82. The lowest BCUT2D eigenvalue weighted by Gasteiger charge is -2.05. The maximum Gasteiger partial charge on any atom is 0.263 e. The third-order valence-electron chi connectivity index (χ3n) is 4.75. The molecule has 7 heteroatoms. The molecule has 0 unspecified atom stereocenters. The summed E-state index contributed by atoms with van der Waals surface area (Å²) in [4.78, 5) is 15.2. The van der Waals surface area contributed by atoms with Crippen LogP contribution in [0.25, 0.3) is 16.0 Å². The quantitative estimate of drug-likeness (QED) is 0.520. The molecule has 3 aromatic heterocycles. The molecule has 5 rings (SSSR count). The lowest BCUT2D eigenvalue weighted by Crippen LogP contribution is -2.20. The molecular formula is C18H16N4OS2. The van der Waals surface area contributed by atoms with Crippen molar-refractivity contribution in [3.05, 3.63) is 56.7 Å². The lowest BCUT2D eigenvalue weighted by atomic mass is 10.2. The first-order valence-corrected chi connectivity index (χ1v) is 10.1. The SMILES string of the molecule is Cn1c(=O)c2c3c(sc2n2c(SCc4ccccc4)nnc12)CCC3. The van der Waals surface area contributed by atoms with E-state index in [2.05, 4.69) is 26.7 Å². The van der Waals surface area contributed by atoms with Gasteiger partial charge in [-0.25, -0.2) is 4.40 Å². The standard InChI is InChI=1S/C18H16N4OS2/c1-21-15(23)14-12-8-5-9-13(12)25-16(14)22-17(21)19-20-18(22)24-10-11-6-3-2-4-7-11/h2-4,6-7H,5,8-10H2,1H3. The van der Waals surface area contributed by atoms with Crippen LogP contribution in [0.3, 0.4) is 0 Å². The highest BCUT2D eigenvalue weighted by Gasteiger charge is 2.24. The van der Waals surface area contributed by atoms with Gasteiger partial charge < -0.3 is 0 Å². The van der Waals surface area contributed by atoms with Crippen LogP contribution in [0, 0.1) is 0 Å². The van der Waals surface area contributed by atoms with Gasteiger partial charge in [-0.05, 0) is 30.4 Å². The highest BCUT2D eigenvalue weighted by molar-refractivity contribution is 7.98. The first-order chi connectivity index (χ1) is 12.2. The molecule has 0 spiro atoms. The summed E-state index contributed by atoms with van der Waals surface area (Å²) in [6.07, 6.45) is 3.23. The maximum absolute atomic E-state index is 12.8. The van der Waals surface area contributed by atoms with E-state index in [4.69, 9.17) is 0 Å². The minimum atomic E-state index is 0.0499. The van der Waals surface area contributed by atoms with Crippen molar-refractivity contribution in [1.29, 1.82) is 0 Å². The van der Waals surface area contributed by atoms with Crippen LogP contribution in [-0.2, 0) is 25.6 Å². The fourth-order valence-electron chi connectivity index (χ4n) is 3.50. The summed E-state index contributed by atoms with van der Waals surface area (Å²) < 4.78 is 3.69. The second kappa shape index (κ2) is 5.71. The molecule has 0 atom stereocenters. The summed E-state index contributed by atoms with van der Waals surface area (Å²) in [6.45, 7) is 0. The van der Waals surface area contributed by atoms with Gasteiger partial charge >= 0.3 is 0 Å². The molecule has 0 N–H and O–H groups in total. The summed E-state index contributed by atoms with van der Waals surface area (Å²) in [5.74, 6) is 1.45. The van der Waals surface area contributed by atoms with E-state index < -0.39 is 0 Å². The first-order valence-electron chi connectivity index (χ1n) is 8.29. The Morgan fingerprint density at radius 3 is 2.88 bits per heavy atom. The number of thioether (sulfide) groups is 1. The second-order valence-corrected chi connectivity index (χ2v) is 8.32. The Morgan fingerprint density at radius 1 is 1.20 bits per heavy atom. The van der Waals surface area contributed by atoms with Gasteiger partial charge in [-0.3, -0.25) is 9.36 Å². The fraction of sp³-hybridized carbons (Fsp3) is 0.278. The predicted molar refractivity (Wildman–Crippen MR) is 102 cm³/mol. The van der Waals surface area contributed by atoms with Crippen LogP contribution in [0.15, 0.2) is 40.3 Å². The molecule has 0 radical (unpaired) electrons. The molecule has 25 heavy (non-hydrogen) atoms. The monoisotopic (exact) mass is 368 g/mol. The molecule has 4 aromatic rings. The number of hydrogen-bond donors (Lipinski definition) is 0. The molecule has 1 aliphatic carbocycles. The molecule has 0 saturated carbocycles. The van der Waals surface area contributed by atoms with E-state index >= 15 is 0 Å². The Bertz CT molecular complexity index is 1160.